The van der Waals surface area contributed by atoms with Crippen molar-refractivity contribution in [2.75, 3.05) is 36.0 Å². The molecular weight excluding hydrogens is 364 g/mol. The van der Waals surface area contributed by atoms with Crippen molar-refractivity contribution in [3.05, 3.63) is 82.5 Å². The van der Waals surface area contributed by atoms with Crippen LogP contribution in [0.3, 0.4) is 0 Å². The van der Waals surface area contributed by atoms with Crippen LogP contribution >= 0.6 is 0 Å². The van der Waals surface area contributed by atoms with E-state index in [0.717, 1.165) is 18.8 Å². The molecule has 144 valence electrons. The average molecular weight is 383 g/mol. The Labute approximate surface area is 160 Å². The van der Waals surface area contributed by atoms with Gasteiger partial charge in [-0.25, -0.2) is 18.6 Å². The van der Waals surface area contributed by atoms with Crippen LogP contribution in [0.4, 0.5) is 20.4 Å². The quantitative estimate of drug-likeness (QED) is 0.692. The average Bonchev–Trinajstić information content (AvgIpc) is 2.70. The van der Waals surface area contributed by atoms with E-state index in [-0.39, 0.29) is 18.2 Å². The Kier molecular flexibility index (Phi) is 5.01. The van der Waals surface area contributed by atoms with Crippen LogP contribution in [-0.2, 0) is 6.54 Å². The Morgan fingerprint density at radius 2 is 1.61 bits per heavy atom. The lowest BCUT2D eigenvalue weighted by Crippen LogP contribution is -2.47. The molecule has 1 aliphatic rings. The van der Waals surface area contributed by atoms with E-state index in [1.54, 1.807) is 24.3 Å². The lowest BCUT2D eigenvalue weighted by molar-refractivity contribution is 0.612. The molecule has 3 aromatic rings. The van der Waals surface area contributed by atoms with Gasteiger partial charge in [-0.2, -0.15) is 4.98 Å². The largest absolute Gasteiger partial charge is 0.368 e. The number of hydrogen-bond donors (Lipinski definition) is 0. The van der Waals surface area contributed by atoms with Crippen molar-refractivity contribution in [3.63, 3.8) is 0 Å². The zero-order valence-corrected chi connectivity index (χ0v) is 15.1. The van der Waals surface area contributed by atoms with Crippen molar-refractivity contribution in [2.45, 2.75) is 6.54 Å². The standard InChI is InChI=1S/C20H19F2N5O/c21-16-4-6-18(7-5-16)25-8-10-26(11-9-25)19-23-14-27(20(28)24-19)13-15-2-1-3-17(22)12-15/h1-7,12,14H,8-11,13H2. The minimum atomic E-state index is -0.421. The number of hydrogen-bond acceptors (Lipinski definition) is 5. The van der Waals surface area contributed by atoms with Crippen LogP contribution < -0.4 is 15.5 Å². The van der Waals surface area contributed by atoms with Crippen molar-refractivity contribution < 1.29 is 8.78 Å². The monoisotopic (exact) mass is 383 g/mol. The third-order valence-corrected chi connectivity index (χ3v) is 4.75. The van der Waals surface area contributed by atoms with Crippen LogP contribution in [0, 0.1) is 11.6 Å². The minimum Gasteiger partial charge on any atom is -0.368 e. The SMILES string of the molecule is O=c1nc(N2CCN(c3ccc(F)cc3)CC2)ncn1Cc1cccc(F)c1. The highest BCUT2D eigenvalue weighted by atomic mass is 19.1. The van der Waals surface area contributed by atoms with E-state index < -0.39 is 5.69 Å². The van der Waals surface area contributed by atoms with Gasteiger partial charge in [0.2, 0.25) is 5.95 Å². The number of anilines is 2. The van der Waals surface area contributed by atoms with Gasteiger partial charge in [-0.1, -0.05) is 12.1 Å². The summed E-state index contributed by atoms with van der Waals surface area (Å²) in [6.07, 6.45) is 1.45. The first kappa shape index (κ1) is 18.1. The third-order valence-electron chi connectivity index (χ3n) is 4.75. The second kappa shape index (κ2) is 7.75. The molecule has 0 radical (unpaired) electrons. The van der Waals surface area contributed by atoms with E-state index in [9.17, 15) is 13.6 Å². The van der Waals surface area contributed by atoms with Crippen LogP contribution in [0.2, 0.25) is 0 Å². The molecule has 1 aromatic heterocycles. The van der Waals surface area contributed by atoms with Gasteiger partial charge in [-0.05, 0) is 42.0 Å². The molecule has 0 N–H and O–H groups in total. The Balaban J connectivity index is 1.42. The number of nitrogens with zero attached hydrogens (tertiary/aromatic N) is 5. The van der Waals surface area contributed by atoms with Gasteiger partial charge in [0.1, 0.15) is 18.0 Å². The van der Waals surface area contributed by atoms with Crippen LogP contribution in [0.5, 0.6) is 0 Å². The molecule has 2 heterocycles. The fourth-order valence-electron chi connectivity index (χ4n) is 3.26. The highest BCUT2D eigenvalue weighted by Crippen LogP contribution is 2.18. The van der Waals surface area contributed by atoms with Gasteiger partial charge >= 0.3 is 5.69 Å². The van der Waals surface area contributed by atoms with Crippen molar-refractivity contribution in [1.29, 1.82) is 0 Å². The Bertz CT molecular complexity index is 1010. The van der Waals surface area contributed by atoms with Crippen molar-refractivity contribution >= 4 is 11.6 Å². The fourth-order valence-corrected chi connectivity index (χ4v) is 3.26. The van der Waals surface area contributed by atoms with Crippen LogP contribution in [0.15, 0.2) is 59.7 Å². The van der Waals surface area contributed by atoms with Gasteiger partial charge in [-0.15, -0.1) is 0 Å². The molecule has 1 fully saturated rings. The molecule has 0 amide bonds. The lowest BCUT2D eigenvalue weighted by atomic mass is 10.2. The molecule has 28 heavy (non-hydrogen) atoms. The molecule has 0 bridgehead atoms. The Hall–Kier alpha value is -3.29. The van der Waals surface area contributed by atoms with Gasteiger partial charge in [-0.3, -0.25) is 4.57 Å². The van der Waals surface area contributed by atoms with E-state index in [1.807, 2.05) is 4.90 Å². The summed E-state index contributed by atoms with van der Waals surface area (Å²) in [4.78, 5) is 24.8. The molecular formula is C20H19F2N5O. The molecule has 1 aliphatic heterocycles. The summed E-state index contributed by atoms with van der Waals surface area (Å²) >= 11 is 0. The Morgan fingerprint density at radius 1 is 0.893 bits per heavy atom. The van der Waals surface area contributed by atoms with Crippen LogP contribution in [0.1, 0.15) is 5.56 Å². The van der Waals surface area contributed by atoms with E-state index in [2.05, 4.69) is 14.9 Å². The summed E-state index contributed by atoms with van der Waals surface area (Å²) in [7, 11) is 0. The van der Waals surface area contributed by atoms with Crippen molar-refractivity contribution in [2.24, 2.45) is 0 Å². The highest BCUT2D eigenvalue weighted by Gasteiger charge is 2.20. The van der Waals surface area contributed by atoms with Crippen LogP contribution in [0.25, 0.3) is 0 Å². The zero-order valence-electron chi connectivity index (χ0n) is 15.1. The number of aromatic nitrogens is 3. The van der Waals surface area contributed by atoms with E-state index in [4.69, 9.17) is 0 Å². The van der Waals surface area contributed by atoms with Gasteiger partial charge in [0.05, 0.1) is 6.54 Å². The van der Waals surface area contributed by atoms with Crippen molar-refractivity contribution in [3.8, 4) is 0 Å². The molecule has 0 aliphatic carbocycles. The molecule has 8 heteroatoms. The molecule has 1 saturated heterocycles. The van der Waals surface area contributed by atoms with E-state index in [1.165, 1.54) is 35.2 Å². The molecule has 0 unspecified atom stereocenters. The highest BCUT2D eigenvalue weighted by molar-refractivity contribution is 5.48. The lowest BCUT2D eigenvalue weighted by Gasteiger charge is -2.36. The number of benzene rings is 2. The maximum absolute atomic E-state index is 13.3. The summed E-state index contributed by atoms with van der Waals surface area (Å²) < 4.78 is 27.7. The first-order valence-corrected chi connectivity index (χ1v) is 9.02. The van der Waals surface area contributed by atoms with Gasteiger partial charge in [0.25, 0.3) is 0 Å². The maximum atomic E-state index is 13.3. The van der Waals surface area contributed by atoms with Gasteiger partial charge in [0, 0.05) is 31.9 Å². The fraction of sp³-hybridized carbons (Fsp3) is 0.250. The molecule has 0 saturated carbocycles. The van der Waals surface area contributed by atoms with Crippen LogP contribution in [-0.4, -0.2) is 40.7 Å². The summed E-state index contributed by atoms with van der Waals surface area (Å²) in [5, 5.41) is 0. The molecule has 0 spiro atoms. The summed E-state index contributed by atoms with van der Waals surface area (Å²) in [5.41, 5.74) is 1.22. The predicted molar refractivity (Wildman–Crippen MR) is 103 cm³/mol. The number of rotatable bonds is 4. The summed E-state index contributed by atoms with van der Waals surface area (Å²) in [6.45, 7) is 2.98. The van der Waals surface area contributed by atoms with Gasteiger partial charge in [0.15, 0.2) is 0 Å². The first-order valence-electron chi connectivity index (χ1n) is 9.02. The molecule has 0 atom stereocenters. The first-order chi connectivity index (χ1) is 13.6. The second-order valence-electron chi connectivity index (χ2n) is 6.65. The minimum absolute atomic E-state index is 0.217. The summed E-state index contributed by atoms with van der Waals surface area (Å²) in [5.74, 6) is -0.212. The van der Waals surface area contributed by atoms with E-state index in [0.29, 0.717) is 24.6 Å². The van der Waals surface area contributed by atoms with Gasteiger partial charge < -0.3 is 9.80 Å². The molecule has 6 nitrogen and oxygen atoms in total. The predicted octanol–water partition coefficient (Wildman–Crippen LogP) is 2.29. The maximum Gasteiger partial charge on any atom is 0.352 e. The Morgan fingerprint density at radius 3 is 2.29 bits per heavy atom. The molecule has 4 rings (SSSR count). The van der Waals surface area contributed by atoms with Crippen molar-refractivity contribution in [1.82, 2.24) is 14.5 Å². The second-order valence-corrected chi connectivity index (χ2v) is 6.65. The van der Waals surface area contributed by atoms with E-state index >= 15 is 0 Å². The normalized spacial score (nSPS) is 14.4. The topological polar surface area (TPSA) is 54.3 Å². The number of piperazine rings is 1. The zero-order chi connectivity index (χ0) is 19.5. The molecule has 2 aromatic carbocycles. The summed E-state index contributed by atoms with van der Waals surface area (Å²) in [6, 6.07) is 12.5. The smallest absolute Gasteiger partial charge is 0.352 e. The number of halogens is 2. The third kappa shape index (κ3) is 4.00.